The molecule has 116 valence electrons. The zero-order valence-electron chi connectivity index (χ0n) is 13.2. The second-order valence-electron chi connectivity index (χ2n) is 6.57. The Balaban J connectivity index is 1.52. The Morgan fingerprint density at radius 3 is 2.29 bits per heavy atom. The molecule has 1 saturated carbocycles. The van der Waals surface area contributed by atoms with Crippen LogP contribution in [-0.4, -0.2) is 13.2 Å². The Bertz CT molecular complexity index is 420. The van der Waals surface area contributed by atoms with Crippen LogP contribution in [0.4, 0.5) is 0 Å². The van der Waals surface area contributed by atoms with Crippen molar-refractivity contribution in [1.29, 1.82) is 0 Å². The zero-order chi connectivity index (χ0) is 14.5. The molecule has 2 atom stereocenters. The van der Waals surface area contributed by atoms with E-state index in [2.05, 4.69) is 31.2 Å². The molecule has 0 bridgehead atoms. The third-order valence-corrected chi connectivity index (χ3v) is 5.27. The molecule has 0 N–H and O–H groups in total. The first-order valence-electron chi connectivity index (χ1n) is 8.69. The van der Waals surface area contributed by atoms with Crippen LogP contribution in [-0.2, 0) is 15.9 Å². The lowest BCUT2D eigenvalue weighted by Crippen LogP contribution is -2.19. The van der Waals surface area contributed by atoms with E-state index in [9.17, 15) is 0 Å². The number of hydrogen-bond donors (Lipinski definition) is 0. The van der Waals surface area contributed by atoms with Crippen molar-refractivity contribution in [1.82, 2.24) is 0 Å². The topological polar surface area (TPSA) is 18.5 Å². The van der Waals surface area contributed by atoms with Gasteiger partial charge in [0.05, 0.1) is 13.2 Å². The Morgan fingerprint density at radius 1 is 0.952 bits per heavy atom. The van der Waals surface area contributed by atoms with Crippen molar-refractivity contribution in [3.8, 4) is 0 Å². The van der Waals surface area contributed by atoms with Gasteiger partial charge in [-0.25, -0.2) is 0 Å². The summed E-state index contributed by atoms with van der Waals surface area (Å²) in [6.45, 7) is 3.79. The van der Waals surface area contributed by atoms with Crippen molar-refractivity contribution in [2.24, 2.45) is 11.8 Å². The van der Waals surface area contributed by atoms with Crippen LogP contribution in [0.15, 0.2) is 24.3 Å². The highest BCUT2D eigenvalue weighted by molar-refractivity contribution is 5.23. The summed E-state index contributed by atoms with van der Waals surface area (Å²) in [5, 5.41) is 0. The first-order chi connectivity index (χ1) is 10.4. The van der Waals surface area contributed by atoms with Crippen LogP contribution in [0.25, 0.3) is 0 Å². The van der Waals surface area contributed by atoms with E-state index in [1.807, 2.05) is 0 Å². The van der Waals surface area contributed by atoms with Gasteiger partial charge in [0.2, 0.25) is 0 Å². The average Bonchev–Trinajstić information content (AvgIpc) is 3.08. The Labute approximate surface area is 128 Å². The Kier molecular flexibility index (Phi) is 5.32. The minimum atomic E-state index is -0.137. The molecule has 2 fully saturated rings. The van der Waals surface area contributed by atoms with Crippen LogP contribution < -0.4 is 0 Å². The predicted molar refractivity (Wildman–Crippen MR) is 85.1 cm³/mol. The summed E-state index contributed by atoms with van der Waals surface area (Å²) < 4.78 is 11.1. The van der Waals surface area contributed by atoms with E-state index in [0.717, 1.165) is 17.4 Å². The maximum absolute atomic E-state index is 5.54. The molecule has 2 aliphatic rings. The first kappa shape index (κ1) is 15.1. The van der Waals surface area contributed by atoms with Crippen molar-refractivity contribution < 1.29 is 9.47 Å². The van der Waals surface area contributed by atoms with Gasteiger partial charge in [0.1, 0.15) is 0 Å². The molecule has 0 spiro atoms. The predicted octanol–water partition coefficient (Wildman–Crippen LogP) is 4.88. The molecule has 1 aliphatic heterocycles. The number of benzene rings is 1. The summed E-state index contributed by atoms with van der Waals surface area (Å²) >= 11 is 0. The van der Waals surface area contributed by atoms with E-state index in [-0.39, 0.29) is 6.29 Å². The maximum Gasteiger partial charge on any atom is 0.184 e. The molecule has 2 nitrogen and oxygen atoms in total. The van der Waals surface area contributed by atoms with Crippen molar-refractivity contribution >= 4 is 0 Å². The molecule has 1 aliphatic carbocycles. The van der Waals surface area contributed by atoms with Gasteiger partial charge in [0.15, 0.2) is 6.29 Å². The van der Waals surface area contributed by atoms with Crippen LogP contribution in [0.5, 0.6) is 0 Å². The summed E-state index contributed by atoms with van der Waals surface area (Å²) in [5.41, 5.74) is 2.61. The van der Waals surface area contributed by atoms with E-state index in [4.69, 9.17) is 9.47 Å². The van der Waals surface area contributed by atoms with Crippen LogP contribution in [0.2, 0.25) is 0 Å². The monoisotopic (exact) mass is 288 g/mol. The van der Waals surface area contributed by atoms with E-state index >= 15 is 0 Å². The van der Waals surface area contributed by atoms with Gasteiger partial charge in [-0.3, -0.25) is 0 Å². The molecule has 1 heterocycles. The third-order valence-electron chi connectivity index (χ3n) is 5.27. The van der Waals surface area contributed by atoms with Gasteiger partial charge in [-0.1, -0.05) is 63.3 Å². The molecular formula is C19H28O2. The quantitative estimate of drug-likeness (QED) is 0.768. The lowest BCUT2D eigenvalue weighted by atomic mass is 9.75. The molecule has 1 aromatic carbocycles. The Hall–Kier alpha value is -0.860. The summed E-state index contributed by atoms with van der Waals surface area (Å²) in [6.07, 6.45) is 9.59. The summed E-state index contributed by atoms with van der Waals surface area (Å²) in [7, 11) is 0. The normalized spacial score (nSPS) is 27.1. The van der Waals surface area contributed by atoms with Crippen LogP contribution in [0.1, 0.15) is 62.9 Å². The van der Waals surface area contributed by atoms with E-state index in [0.29, 0.717) is 13.2 Å². The molecule has 1 saturated heterocycles. The fraction of sp³-hybridized carbons (Fsp3) is 0.684. The van der Waals surface area contributed by atoms with Crippen LogP contribution >= 0.6 is 0 Å². The van der Waals surface area contributed by atoms with Gasteiger partial charge in [0, 0.05) is 5.56 Å². The molecule has 0 amide bonds. The smallest absolute Gasteiger partial charge is 0.184 e. The lowest BCUT2D eigenvalue weighted by Gasteiger charge is -2.30. The molecular weight excluding hydrogens is 260 g/mol. The Morgan fingerprint density at radius 2 is 1.62 bits per heavy atom. The lowest BCUT2D eigenvalue weighted by molar-refractivity contribution is -0.0441. The fourth-order valence-corrected chi connectivity index (χ4v) is 3.95. The SMILES string of the molecule is CCC1CCCCC1CCc1ccc(C2OCCO2)cc1. The van der Waals surface area contributed by atoms with Gasteiger partial charge >= 0.3 is 0 Å². The molecule has 0 radical (unpaired) electrons. The minimum absolute atomic E-state index is 0.137. The number of aryl methyl sites for hydroxylation is 1. The fourth-order valence-electron chi connectivity index (χ4n) is 3.95. The summed E-state index contributed by atoms with van der Waals surface area (Å²) in [4.78, 5) is 0. The summed E-state index contributed by atoms with van der Waals surface area (Å²) in [6, 6.07) is 8.85. The molecule has 1 aromatic rings. The second-order valence-corrected chi connectivity index (χ2v) is 6.57. The van der Waals surface area contributed by atoms with E-state index < -0.39 is 0 Å². The molecule has 3 rings (SSSR count). The average molecular weight is 288 g/mol. The van der Waals surface area contributed by atoms with Gasteiger partial charge in [0.25, 0.3) is 0 Å². The van der Waals surface area contributed by atoms with Crippen LogP contribution in [0, 0.1) is 11.8 Å². The molecule has 2 unspecified atom stereocenters. The van der Waals surface area contributed by atoms with Crippen molar-refractivity contribution in [2.45, 2.75) is 58.2 Å². The van der Waals surface area contributed by atoms with Crippen molar-refractivity contribution in [3.05, 3.63) is 35.4 Å². The first-order valence-corrected chi connectivity index (χ1v) is 8.69. The van der Waals surface area contributed by atoms with Gasteiger partial charge in [-0.05, 0) is 30.2 Å². The van der Waals surface area contributed by atoms with E-state index in [1.165, 1.54) is 50.5 Å². The van der Waals surface area contributed by atoms with Crippen molar-refractivity contribution in [2.75, 3.05) is 13.2 Å². The number of hydrogen-bond acceptors (Lipinski definition) is 2. The van der Waals surface area contributed by atoms with Gasteiger partial charge < -0.3 is 9.47 Å². The second kappa shape index (κ2) is 7.42. The number of rotatable bonds is 5. The third kappa shape index (κ3) is 3.87. The largest absolute Gasteiger partial charge is 0.346 e. The zero-order valence-corrected chi connectivity index (χ0v) is 13.2. The number of ether oxygens (including phenoxy) is 2. The standard InChI is InChI=1S/C19H28O2/c1-2-16-5-3-4-6-17(16)10-7-15-8-11-18(12-9-15)19-20-13-14-21-19/h8-9,11-12,16-17,19H,2-7,10,13-14H2,1H3. The molecule has 2 heteroatoms. The van der Waals surface area contributed by atoms with E-state index in [1.54, 1.807) is 0 Å². The molecule has 0 aromatic heterocycles. The van der Waals surface area contributed by atoms with Gasteiger partial charge in [-0.15, -0.1) is 0 Å². The van der Waals surface area contributed by atoms with Gasteiger partial charge in [-0.2, -0.15) is 0 Å². The maximum atomic E-state index is 5.54. The van der Waals surface area contributed by atoms with Crippen molar-refractivity contribution in [3.63, 3.8) is 0 Å². The molecule has 21 heavy (non-hydrogen) atoms. The van der Waals surface area contributed by atoms with Crippen LogP contribution in [0.3, 0.4) is 0 Å². The minimum Gasteiger partial charge on any atom is -0.346 e. The highest BCUT2D eigenvalue weighted by atomic mass is 16.7. The highest BCUT2D eigenvalue weighted by Gasteiger charge is 2.23. The summed E-state index contributed by atoms with van der Waals surface area (Å²) in [5.74, 6) is 1.92. The highest BCUT2D eigenvalue weighted by Crippen LogP contribution is 2.35.